The fraction of sp³-hybridized carbons (Fsp3) is 0.269. The minimum absolute atomic E-state index is 0.252. The van der Waals surface area contributed by atoms with E-state index in [2.05, 4.69) is 5.32 Å². The molecule has 1 amide bonds. The van der Waals surface area contributed by atoms with Crippen LogP contribution in [-0.4, -0.2) is 50.8 Å². The van der Waals surface area contributed by atoms with Crippen molar-refractivity contribution in [1.82, 2.24) is 4.90 Å². The van der Waals surface area contributed by atoms with Crippen molar-refractivity contribution in [2.45, 2.75) is 6.92 Å². The number of halogens is 1. The average Bonchev–Trinajstić information content (AvgIpc) is 2.84. The molecule has 0 aliphatic heterocycles. The lowest BCUT2D eigenvalue weighted by molar-refractivity contribution is 0.102. The summed E-state index contributed by atoms with van der Waals surface area (Å²) in [6.45, 7) is 3.69. The van der Waals surface area contributed by atoms with E-state index < -0.39 is 6.67 Å². The number of carbonyl (C=O) groups is 1. The van der Waals surface area contributed by atoms with Crippen molar-refractivity contribution in [3.05, 3.63) is 78.4 Å². The molecule has 0 aromatic heterocycles. The fourth-order valence-corrected chi connectivity index (χ4v) is 3.20. The number of ether oxygens (including phenoxy) is 3. The molecule has 0 saturated heterocycles. The molecule has 0 aliphatic rings. The van der Waals surface area contributed by atoms with Crippen molar-refractivity contribution in [1.29, 1.82) is 0 Å². The van der Waals surface area contributed by atoms with E-state index >= 15 is 0 Å². The molecule has 0 spiro atoms. The fourth-order valence-electron chi connectivity index (χ4n) is 3.20. The van der Waals surface area contributed by atoms with Crippen LogP contribution in [0.15, 0.2) is 72.8 Å². The summed E-state index contributed by atoms with van der Waals surface area (Å²) in [7, 11) is 1.56. The maximum absolute atomic E-state index is 12.7. The first-order chi connectivity index (χ1) is 16.1. The molecule has 174 valence electrons. The standard InChI is InChI=1S/C26H29FN2O4/c1-3-29(16-15-27)17-18-32-25-19-21(11-14-24(25)31-2)28-26(30)20-9-12-23(13-10-20)33-22-7-5-4-6-8-22/h4-14,19H,3,15-18H2,1-2H3,(H,28,30)/i27-1. The Kier molecular flexibility index (Phi) is 9.08. The average molecular weight is 452 g/mol. The summed E-state index contributed by atoms with van der Waals surface area (Å²) in [6.07, 6.45) is 0. The van der Waals surface area contributed by atoms with Gasteiger partial charge in [-0.1, -0.05) is 25.1 Å². The van der Waals surface area contributed by atoms with Gasteiger partial charge in [0.05, 0.1) is 7.11 Å². The molecule has 0 aliphatic carbocycles. The van der Waals surface area contributed by atoms with Crippen LogP contribution in [0.4, 0.5) is 10.1 Å². The first kappa shape index (κ1) is 24.1. The van der Waals surface area contributed by atoms with Crippen molar-refractivity contribution in [2.24, 2.45) is 0 Å². The number of nitrogens with zero attached hydrogens (tertiary/aromatic N) is 1. The largest absolute Gasteiger partial charge is 0.493 e. The molecule has 0 fully saturated rings. The van der Waals surface area contributed by atoms with Gasteiger partial charge >= 0.3 is 0 Å². The van der Waals surface area contributed by atoms with Gasteiger partial charge < -0.3 is 19.5 Å². The number of benzene rings is 3. The van der Waals surface area contributed by atoms with Crippen molar-refractivity contribution in [3.63, 3.8) is 0 Å². The lowest BCUT2D eigenvalue weighted by atomic mass is 10.2. The maximum atomic E-state index is 12.7. The highest BCUT2D eigenvalue weighted by molar-refractivity contribution is 6.04. The minimum Gasteiger partial charge on any atom is -0.493 e. The molecule has 0 atom stereocenters. The predicted molar refractivity (Wildman–Crippen MR) is 127 cm³/mol. The summed E-state index contributed by atoms with van der Waals surface area (Å²) >= 11 is 0. The SMILES string of the molecule is CCN(CC[18F])CCOc1cc(NC(=O)c2ccc(Oc3ccccc3)cc2)ccc1OC. The third kappa shape index (κ3) is 7.22. The van der Waals surface area contributed by atoms with Crippen LogP contribution >= 0.6 is 0 Å². The molecule has 0 heterocycles. The molecule has 0 bridgehead atoms. The smallest absolute Gasteiger partial charge is 0.255 e. The highest BCUT2D eigenvalue weighted by atomic mass is 18.2. The van der Waals surface area contributed by atoms with Crippen molar-refractivity contribution >= 4 is 11.6 Å². The Bertz CT molecular complexity index is 1010. The molecule has 3 aromatic rings. The van der Waals surface area contributed by atoms with E-state index in [1.165, 1.54) is 0 Å². The van der Waals surface area contributed by atoms with Crippen molar-refractivity contribution < 1.29 is 23.4 Å². The summed E-state index contributed by atoms with van der Waals surface area (Å²) in [5, 5.41) is 2.87. The van der Waals surface area contributed by atoms with Gasteiger partial charge in [-0.05, 0) is 55.1 Å². The number of likely N-dealkylation sites (N-methyl/N-ethyl adjacent to an activating group) is 1. The lowest BCUT2D eigenvalue weighted by Crippen LogP contribution is -2.30. The number of alkyl halides is 1. The van der Waals surface area contributed by atoms with E-state index in [1.54, 1.807) is 49.6 Å². The third-order valence-electron chi connectivity index (χ3n) is 5.03. The zero-order chi connectivity index (χ0) is 23.5. The Hall–Kier alpha value is -3.58. The summed E-state index contributed by atoms with van der Waals surface area (Å²) < 4.78 is 29.6. The van der Waals surface area contributed by atoms with Gasteiger partial charge in [0.25, 0.3) is 5.91 Å². The van der Waals surface area contributed by atoms with Crippen LogP contribution in [0, 0.1) is 0 Å². The number of carbonyl (C=O) groups excluding carboxylic acids is 1. The molecule has 0 radical (unpaired) electrons. The Morgan fingerprint density at radius 2 is 1.67 bits per heavy atom. The third-order valence-corrected chi connectivity index (χ3v) is 5.03. The first-order valence-electron chi connectivity index (χ1n) is 10.9. The van der Waals surface area contributed by atoms with E-state index in [1.807, 2.05) is 42.2 Å². The summed E-state index contributed by atoms with van der Waals surface area (Å²) in [4.78, 5) is 14.7. The summed E-state index contributed by atoms with van der Waals surface area (Å²) in [6, 6.07) is 21.6. The zero-order valence-electron chi connectivity index (χ0n) is 18.9. The molecule has 3 aromatic carbocycles. The van der Waals surface area contributed by atoms with Crippen LogP contribution in [-0.2, 0) is 0 Å². The van der Waals surface area contributed by atoms with E-state index in [9.17, 15) is 9.18 Å². The number of hydrogen-bond acceptors (Lipinski definition) is 5. The number of para-hydroxylation sites is 1. The Balaban J connectivity index is 1.61. The topological polar surface area (TPSA) is 60.0 Å². The summed E-state index contributed by atoms with van der Waals surface area (Å²) in [5.74, 6) is 2.19. The van der Waals surface area contributed by atoms with Crippen LogP contribution in [0.2, 0.25) is 0 Å². The molecule has 3 rings (SSSR count). The van der Waals surface area contributed by atoms with E-state index in [0.717, 1.165) is 12.3 Å². The number of hydrogen-bond donors (Lipinski definition) is 1. The van der Waals surface area contributed by atoms with Gasteiger partial charge in [-0.15, -0.1) is 0 Å². The summed E-state index contributed by atoms with van der Waals surface area (Å²) in [5.41, 5.74) is 1.08. The first-order valence-corrected chi connectivity index (χ1v) is 10.9. The monoisotopic (exact) mass is 451 g/mol. The second-order valence-electron chi connectivity index (χ2n) is 7.23. The second kappa shape index (κ2) is 12.5. The molecular weight excluding hydrogens is 422 g/mol. The van der Waals surface area contributed by atoms with Crippen LogP contribution in [0.1, 0.15) is 17.3 Å². The second-order valence-corrected chi connectivity index (χ2v) is 7.23. The molecule has 1 N–H and O–H groups in total. The Morgan fingerprint density at radius 3 is 2.33 bits per heavy atom. The number of nitrogens with one attached hydrogen (secondary N) is 1. The van der Waals surface area contributed by atoms with E-state index in [4.69, 9.17) is 14.2 Å². The molecule has 0 unspecified atom stereocenters. The van der Waals surface area contributed by atoms with Crippen LogP contribution in [0.5, 0.6) is 23.0 Å². The molecular formula is C26H29FN2O4. The van der Waals surface area contributed by atoms with Gasteiger partial charge in [0.15, 0.2) is 11.5 Å². The van der Waals surface area contributed by atoms with Gasteiger partial charge in [-0.3, -0.25) is 9.69 Å². The van der Waals surface area contributed by atoms with Gasteiger partial charge in [0.1, 0.15) is 24.8 Å². The number of methoxy groups -OCH3 is 1. The van der Waals surface area contributed by atoms with Gasteiger partial charge in [0, 0.05) is 30.4 Å². The number of anilines is 1. The van der Waals surface area contributed by atoms with Gasteiger partial charge in [0.2, 0.25) is 0 Å². The maximum Gasteiger partial charge on any atom is 0.255 e. The van der Waals surface area contributed by atoms with Crippen LogP contribution in [0.25, 0.3) is 0 Å². The lowest BCUT2D eigenvalue weighted by Gasteiger charge is -2.19. The molecule has 6 nitrogen and oxygen atoms in total. The highest BCUT2D eigenvalue weighted by Gasteiger charge is 2.11. The van der Waals surface area contributed by atoms with Crippen LogP contribution < -0.4 is 19.5 Å². The zero-order valence-corrected chi connectivity index (χ0v) is 18.9. The van der Waals surface area contributed by atoms with Crippen molar-refractivity contribution in [2.75, 3.05) is 45.3 Å². The van der Waals surface area contributed by atoms with Gasteiger partial charge in [-0.2, -0.15) is 0 Å². The molecule has 7 heteroatoms. The van der Waals surface area contributed by atoms with E-state index in [-0.39, 0.29) is 5.91 Å². The molecule has 33 heavy (non-hydrogen) atoms. The van der Waals surface area contributed by atoms with Crippen molar-refractivity contribution in [3.8, 4) is 23.0 Å². The highest BCUT2D eigenvalue weighted by Crippen LogP contribution is 2.30. The van der Waals surface area contributed by atoms with Gasteiger partial charge in [-0.25, -0.2) is 4.39 Å². The quantitative estimate of drug-likeness (QED) is 0.399. The molecule has 0 saturated carbocycles. The Morgan fingerprint density at radius 1 is 0.939 bits per heavy atom. The normalized spacial score (nSPS) is 10.7. The number of rotatable bonds is 12. The number of amides is 1. The minimum atomic E-state index is -0.391. The van der Waals surface area contributed by atoms with E-state index in [0.29, 0.717) is 48.2 Å². The Labute approximate surface area is 193 Å². The predicted octanol–water partition coefficient (Wildman–Crippen LogP) is 5.41. The van der Waals surface area contributed by atoms with Crippen LogP contribution in [0.3, 0.4) is 0 Å².